The maximum absolute atomic E-state index is 11.4. The zero-order valence-corrected chi connectivity index (χ0v) is 8.97. The summed E-state index contributed by atoms with van der Waals surface area (Å²) in [7, 11) is 1.34. The average Bonchev–Trinajstić information content (AvgIpc) is 2.85. The molecule has 1 saturated carbocycles. The summed E-state index contributed by atoms with van der Waals surface area (Å²) < 4.78 is 4.67. The van der Waals surface area contributed by atoms with Crippen LogP contribution in [0.3, 0.4) is 0 Å². The van der Waals surface area contributed by atoms with Crippen LogP contribution in [-0.4, -0.2) is 19.2 Å². The molecule has 1 aromatic rings. The average molecular weight is 223 g/mol. The Labute approximate surface area is 90.6 Å². The van der Waals surface area contributed by atoms with Gasteiger partial charge in [-0.3, -0.25) is 0 Å². The SMILES string of the molecule is COC(=O)c1sccc1C1(N=C=O)CC1. The number of methoxy groups -OCH3 is 1. The van der Waals surface area contributed by atoms with Gasteiger partial charge in [-0.25, -0.2) is 9.59 Å². The van der Waals surface area contributed by atoms with Crippen molar-refractivity contribution in [3.63, 3.8) is 0 Å². The lowest BCUT2D eigenvalue weighted by Crippen LogP contribution is -2.09. The van der Waals surface area contributed by atoms with E-state index in [0.717, 1.165) is 18.4 Å². The van der Waals surface area contributed by atoms with E-state index >= 15 is 0 Å². The molecule has 0 radical (unpaired) electrons. The molecule has 1 fully saturated rings. The lowest BCUT2D eigenvalue weighted by molar-refractivity contribution is 0.0604. The topological polar surface area (TPSA) is 55.7 Å². The first-order chi connectivity index (χ1) is 7.23. The smallest absolute Gasteiger partial charge is 0.348 e. The fourth-order valence-electron chi connectivity index (χ4n) is 1.57. The number of carbonyl (C=O) groups excluding carboxylic acids is 2. The minimum absolute atomic E-state index is 0.368. The molecule has 0 N–H and O–H groups in total. The van der Waals surface area contributed by atoms with Crippen molar-refractivity contribution in [1.82, 2.24) is 0 Å². The largest absolute Gasteiger partial charge is 0.465 e. The fourth-order valence-corrected chi connectivity index (χ4v) is 2.48. The van der Waals surface area contributed by atoms with Gasteiger partial charge in [0.15, 0.2) is 0 Å². The third kappa shape index (κ3) is 1.60. The standard InChI is InChI=1S/C10H9NO3S/c1-14-9(13)8-7(2-5-15-8)10(3-4-10)11-6-12/h2,5H,3-4H2,1H3. The molecule has 0 unspecified atom stereocenters. The zero-order chi connectivity index (χ0) is 10.9. The Morgan fingerprint density at radius 1 is 1.67 bits per heavy atom. The van der Waals surface area contributed by atoms with Crippen LogP contribution in [0.4, 0.5) is 0 Å². The predicted octanol–water partition coefficient (Wildman–Crippen LogP) is 1.86. The highest BCUT2D eigenvalue weighted by atomic mass is 32.1. The number of esters is 1. The molecule has 4 nitrogen and oxygen atoms in total. The summed E-state index contributed by atoms with van der Waals surface area (Å²) in [5.41, 5.74) is 0.299. The minimum atomic E-state index is -0.495. The molecule has 2 rings (SSSR count). The van der Waals surface area contributed by atoms with E-state index < -0.39 is 5.54 Å². The van der Waals surface area contributed by atoms with Gasteiger partial charge in [0, 0.05) is 5.56 Å². The monoisotopic (exact) mass is 223 g/mol. The summed E-state index contributed by atoms with van der Waals surface area (Å²) in [6.45, 7) is 0. The van der Waals surface area contributed by atoms with E-state index in [-0.39, 0.29) is 5.97 Å². The van der Waals surface area contributed by atoms with Gasteiger partial charge in [-0.15, -0.1) is 11.3 Å². The van der Waals surface area contributed by atoms with Crippen LogP contribution < -0.4 is 0 Å². The molecule has 15 heavy (non-hydrogen) atoms. The Morgan fingerprint density at radius 2 is 2.40 bits per heavy atom. The number of isocyanates is 1. The van der Waals surface area contributed by atoms with Gasteiger partial charge in [0.05, 0.1) is 7.11 Å². The molecular weight excluding hydrogens is 214 g/mol. The number of hydrogen-bond acceptors (Lipinski definition) is 5. The van der Waals surface area contributed by atoms with Crippen molar-refractivity contribution >= 4 is 23.4 Å². The van der Waals surface area contributed by atoms with Gasteiger partial charge in [0.2, 0.25) is 6.08 Å². The summed E-state index contributed by atoms with van der Waals surface area (Å²) in [6, 6.07) is 1.82. The number of hydrogen-bond donors (Lipinski definition) is 0. The fraction of sp³-hybridized carbons (Fsp3) is 0.400. The highest BCUT2D eigenvalue weighted by Crippen LogP contribution is 2.51. The third-order valence-corrected chi connectivity index (χ3v) is 3.42. The molecule has 5 heteroatoms. The van der Waals surface area contributed by atoms with Crippen molar-refractivity contribution in [3.8, 4) is 0 Å². The van der Waals surface area contributed by atoms with Crippen LogP contribution in [-0.2, 0) is 15.1 Å². The van der Waals surface area contributed by atoms with Gasteiger partial charge in [-0.2, -0.15) is 4.99 Å². The van der Waals surface area contributed by atoms with Gasteiger partial charge in [0.25, 0.3) is 0 Å². The second-order valence-electron chi connectivity index (χ2n) is 3.39. The van der Waals surface area contributed by atoms with Crippen molar-refractivity contribution in [2.24, 2.45) is 4.99 Å². The summed E-state index contributed by atoms with van der Waals surface area (Å²) in [6.07, 6.45) is 3.16. The molecule has 78 valence electrons. The summed E-state index contributed by atoms with van der Waals surface area (Å²) in [5, 5.41) is 1.81. The van der Waals surface area contributed by atoms with Gasteiger partial charge in [0.1, 0.15) is 10.4 Å². The Hall–Kier alpha value is -1.45. The van der Waals surface area contributed by atoms with Crippen LogP contribution in [0, 0.1) is 0 Å². The van der Waals surface area contributed by atoms with Crippen LogP contribution >= 0.6 is 11.3 Å². The molecule has 0 atom stereocenters. The number of ether oxygens (including phenoxy) is 1. The summed E-state index contributed by atoms with van der Waals surface area (Å²) in [5.74, 6) is -0.368. The molecule has 1 aliphatic carbocycles. The molecule has 1 aromatic heterocycles. The van der Waals surface area contributed by atoms with E-state index in [0.29, 0.717) is 4.88 Å². The number of nitrogens with zero attached hydrogens (tertiary/aromatic N) is 1. The van der Waals surface area contributed by atoms with Crippen LogP contribution in [0.5, 0.6) is 0 Å². The van der Waals surface area contributed by atoms with Crippen molar-refractivity contribution in [1.29, 1.82) is 0 Å². The van der Waals surface area contributed by atoms with E-state index in [4.69, 9.17) is 0 Å². The normalized spacial score (nSPS) is 16.6. The van der Waals surface area contributed by atoms with E-state index in [2.05, 4.69) is 9.73 Å². The van der Waals surface area contributed by atoms with Gasteiger partial charge < -0.3 is 4.74 Å². The minimum Gasteiger partial charge on any atom is -0.465 e. The quantitative estimate of drug-likeness (QED) is 0.446. The van der Waals surface area contributed by atoms with E-state index in [1.54, 1.807) is 6.08 Å². The molecule has 0 bridgehead atoms. The molecule has 1 aliphatic rings. The van der Waals surface area contributed by atoms with Crippen LogP contribution in [0.25, 0.3) is 0 Å². The number of carbonyl (C=O) groups is 1. The predicted molar refractivity (Wildman–Crippen MR) is 54.7 cm³/mol. The molecule has 1 heterocycles. The first-order valence-corrected chi connectivity index (χ1v) is 5.37. The second kappa shape index (κ2) is 3.61. The van der Waals surface area contributed by atoms with Gasteiger partial charge >= 0.3 is 5.97 Å². The van der Waals surface area contributed by atoms with Crippen molar-refractivity contribution in [2.75, 3.05) is 7.11 Å². The Balaban J connectivity index is 2.41. The van der Waals surface area contributed by atoms with Gasteiger partial charge in [-0.1, -0.05) is 0 Å². The van der Waals surface area contributed by atoms with Crippen LogP contribution in [0.15, 0.2) is 16.4 Å². The van der Waals surface area contributed by atoms with E-state index in [9.17, 15) is 9.59 Å². The highest BCUT2D eigenvalue weighted by molar-refractivity contribution is 7.12. The second-order valence-corrected chi connectivity index (χ2v) is 4.31. The number of thiophene rings is 1. The van der Waals surface area contributed by atoms with Crippen molar-refractivity contribution in [2.45, 2.75) is 18.4 Å². The molecule has 0 amide bonds. The van der Waals surface area contributed by atoms with E-state index in [1.807, 2.05) is 11.4 Å². The first kappa shape index (κ1) is 10.1. The van der Waals surface area contributed by atoms with Gasteiger partial charge in [-0.05, 0) is 24.3 Å². The van der Waals surface area contributed by atoms with Crippen LogP contribution in [0.1, 0.15) is 28.1 Å². The maximum Gasteiger partial charge on any atom is 0.348 e. The molecule has 0 saturated heterocycles. The molecular formula is C10H9NO3S. The van der Waals surface area contributed by atoms with Crippen LogP contribution in [0.2, 0.25) is 0 Å². The van der Waals surface area contributed by atoms with Crippen molar-refractivity contribution < 1.29 is 14.3 Å². The lowest BCUT2D eigenvalue weighted by Gasteiger charge is -2.07. The third-order valence-electron chi connectivity index (χ3n) is 2.52. The highest BCUT2D eigenvalue weighted by Gasteiger charge is 2.47. The zero-order valence-electron chi connectivity index (χ0n) is 8.15. The number of rotatable bonds is 3. The van der Waals surface area contributed by atoms with Crippen molar-refractivity contribution in [3.05, 3.63) is 21.9 Å². The molecule has 0 aliphatic heterocycles. The van der Waals surface area contributed by atoms with E-state index in [1.165, 1.54) is 18.4 Å². The molecule has 0 aromatic carbocycles. The Kier molecular flexibility index (Phi) is 2.42. The summed E-state index contributed by atoms with van der Waals surface area (Å²) >= 11 is 1.31. The first-order valence-electron chi connectivity index (χ1n) is 4.49. The maximum atomic E-state index is 11.4. The number of aliphatic imine (C=N–C) groups is 1. The Bertz CT molecular complexity index is 441. The molecule has 0 spiro atoms. The Morgan fingerprint density at radius 3 is 2.93 bits per heavy atom. The summed E-state index contributed by atoms with van der Waals surface area (Å²) in [4.78, 5) is 26.0. The lowest BCUT2D eigenvalue weighted by atomic mass is 10.1.